The van der Waals surface area contributed by atoms with Crippen molar-refractivity contribution in [1.29, 1.82) is 0 Å². The monoisotopic (exact) mass is 438 g/mol. The van der Waals surface area contributed by atoms with Crippen LogP contribution < -0.4 is 5.73 Å². The van der Waals surface area contributed by atoms with Crippen LogP contribution in [0.1, 0.15) is 22.8 Å². The number of nitrogens with two attached hydrogens (primary N) is 1. The maximum Gasteiger partial charge on any atom is 0.343 e. The number of hydrogen-bond acceptors (Lipinski definition) is 7. The summed E-state index contributed by atoms with van der Waals surface area (Å²) in [5.74, 6) is -0.428. The van der Waals surface area contributed by atoms with E-state index in [0.717, 1.165) is 21.8 Å². The standard InChI is InChI=1S/C17H19BrN4O3S/c1-3-25-16(24)12-8-20-17(21-15(12)19)26-10-14(23)22(2)9-11-6-4-5-7-13(11)18/h4-8H,3,9-10H2,1-2H3,(H2,19,20,21). The van der Waals surface area contributed by atoms with Crippen LogP contribution in [0.25, 0.3) is 0 Å². The molecule has 0 unspecified atom stereocenters. The van der Waals surface area contributed by atoms with E-state index in [1.165, 1.54) is 6.20 Å². The van der Waals surface area contributed by atoms with Crippen LogP contribution >= 0.6 is 27.7 Å². The van der Waals surface area contributed by atoms with Gasteiger partial charge in [0.25, 0.3) is 0 Å². The number of thioether (sulfide) groups is 1. The minimum absolute atomic E-state index is 0.0370. The molecule has 2 N–H and O–H groups in total. The van der Waals surface area contributed by atoms with E-state index in [1.807, 2.05) is 24.3 Å². The lowest BCUT2D eigenvalue weighted by atomic mass is 10.2. The Morgan fingerprint density at radius 2 is 2.08 bits per heavy atom. The normalized spacial score (nSPS) is 10.4. The van der Waals surface area contributed by atoms with Crippen LogP contribution in [0.15, 0.2) is 40.1 Å². The van der Waals surface area contributed by atoms with Crippen molar-refractivity contribution in [2.24, 2.45) is 0 Å². The van der Waals surface area contributed by atoms with Crippen molar-refractivity contribution in [2.45, 2.75) is 18.6 Å². The third kappa shape index (κ3) is 5.43. The van der Waals surface area contributed by atoms with Gasteiger partial charge in [0.05, 0.1) is 12.4 Å². The Bertz CT molecular complexity index is 803. The van der Waals surface area contributed by atoms with Gasteiger partial charge < -0.3 is 15.4 Å². The van der Waals surface area contributed by atoms with E-state index in [1.54, 1.807) is 18.9 Å². The molecular formula is C17H19BrN4O3S. The summed E-state index contributed by atoms with van der Waals surface area (Å²) in [5.41, 5.74) is 6.91. The van der Waals surface area contributed by atoms with Crippen molar-refractivity contribution in [3.8, 4) is 0 Å². The van der Waals surface area contributed by atoms with Crippen molar-refractivity contribution in [3.05, 3.63) is 46.1 Å². The second-order valence-corrected chi connectivity index (χ2v) is 7.10. The molecule has 0 saturated carbocycles. The molecule has 1 heterocycles. The van der Waals surface area contributed by atoms with E-state index >= 15 is 0 Å². The average Bonchev–Trinajstić information content (AvgIpc) is 2.61. The largest absolute Gasteiger partial charge is 0.462 e. The molecule has 0 fully saturated rings. The number of halogens is 1. The third-order valence-corrected chi connectivity index (χ3v) is 5.03. The van der Waals surface area contributed by atoms with Gasteiger partial charge in [-0.15, -0.1) is 0 Å². The van der Waals surface area contributed by atoms with Gasteiger partial charge in [-0.3, -0.25) is 4.79 Å². The van der Waals surface area contributed by atoms with Gasteiger partial charge >= 0.3 is 5.97 Å². The Morgan fingerprint density at radius 3 is 2.73 bits per heavy atom. The van der Waals surface area contributed by atoms with Crippen molar-refractivity contribution < 1.29 is 14.3 Å². The number of aromatic nitrogens is 2. The Kier molecular flexibility index (Phi) is 7.40. The molecule has 1 amide bonds. The van der Waals surface area contributed by atoms with Crippen LogP contribution in [0, 0.1) is 0 Å². The topological polar surface area (TPSA) is 98.4 Å². The number of benzene rings is 1. The number of nitrogen functional groups attached to an aromatic ring is 1. The number of ether oxygens (including phenoxy) is 1. The summed E-state index contributed by atoms with van der Waals surface area (Å²) >= 11 is 4.63. The number of esters is 1. The number of amides is 1. The lowest BCUT2D eigenvalue weighted by Gasteiger charge is -2.17. The summed E-state index contributed by atoms with van der Waals surface area (Å²) in [5, 5.41) is 0.332. The van der Waals surface area contributed by atoms with Crippen LogP contribution in [-0.4, -0.2) is 46.2 Å². The maximum atomic E-state index is 12.3. The fourth-order valence-corrected chi connectivity index (χ4v) is 3.19. The van der Waals surface area contributed by atoms with E-state index in [0.29, 0.717) is 11.7 Å². The molecular weight excluding hydrogens is 420 g/mol. The number of carbonyl (C=O) groups is 2. The summed E-state index contributed by atoms with van der Waals surface area (Å²) in [6, 6.07) is 7.74. The van der Waals surface area contributed by atoms with Crippen LogP contribution in [-0.2, 0) is 16.1 Å². The molecule has 138 valence electrons. The van der Waals surface area contributed by atoms with Gasteiger partial charge in [0.1, 0.15) is 11.4 Å². The van der Waals surface area contributed by atoms with Gasteiger partial charge in [-0.25, -0.2) is 14.8 Å². The molecule has 0 aliphatic heterocycles. The highest BCUT2D eigenvalue weighted by atomic mass is 79.9. The zero-order valence-electron chi connectivity index (χ0n) is 14.4. The van der Waals surface area contributed by atoms with Gasteiger partial charge in [-0.2, -0.15) is 0 Å². The van der Waals surface area contributed by atoms with Gasteiger partial charge in [0.2, 0.25) is 5.91 Å². The predicted octanol–water partition coefficient (Wildman–Crippen LogP) is 2.75. The van der Waals surface area contributed by atoms with E-state index in [-0.39, 0.29) is 29.6 Å². The molecule has 9 heteroatoms. The van der Waals surface area contributed by atoms with Crippen LogP contribution in [0.3, 0.4) is 0 Å². The van der Waals surface area contributed by atoms with E-state index in [4.69, 9.17) is 10.5 Å². The molecule has 0 aliphatic carbocycles. The summed E-state index contributed by atoms with van der Waals surface area (Å²) in [4.78, 5) is 33.7. The molecule has 0 radical (unpaired) electrons. The van der Waals surface area contributed by atoms with Gasteiger partial charge in [-0.05, 0) is 18.6 Å². The smallest absolute Gasteiger partial charge is 0.343 e. The third-order valence-electron chi connectivity index (χ3n) is 3.41. The molecule has 7 nitrogen and oxygen atoms in total. The van der Waals surface area contributed by atoms with Crippen LogP contribution in [0.5, 0.6) is 0 Å². The van der Waals surface area contributed by atoms with Crippen molar-refractivity contribution >= 4 is 45.4 Å². The van der Waals surface area contributed by atoms with Crippen molar-refractivity contribution in [3.63, 3.8) is 0 Å². The summed E-state index contributed by atoms with van der Waals surface area (Å²) in [6.07, 6.45) is 1.32. The first kappa shape index (κ1) is 20.2. The average molecular weight is 439 g/mol. The number of hydrogen-bond donors (Lipinski definition) is 1. The highest BCUT2D eigenvalue weighted by molar-refractivity contribution is 9.10. The lowest BCUT2D eigenvalue weighted by Crippen LogP contribution is -2.28. The van der Waals surface area contributed by atoms with Crippen LogP contribution in [0.2, 0.25) is 0 Å². The van der Waals surface area contributed by atoms with Gasteiger partial charge in [0, 0.05) is 24.3 Å². The highest BCUT2D eigenvalue weighted by Gasteiger charge is 2.16. The molecule has 0 saturated heterocycles. The first-order valence-electron chi connectivity index (χ1n) is 7.82. The maximum absolute atomic E-state index is 12.3. The minimum Gasteiger partial charge on any atom is -0.462 e. The number of rotatable bonds is 7. The van der Waals surface area contributed by atoms with E-state index in [9.17, 15) is 9.59 Å². The zero-order valence-corrected chi connectivity index (χ0v) is 16.8. The van der Waals surface area contributed by atoms with Gasteiger partial charge in [0.15, 0.2) is 5.16 Å². The molecule has 1 aromatic heterocycles. The molecule has 0 atom stereocenters. The summed E-state index contributed by atoms with van der Waals surface area (Å²) in [7, 11) is 1.74. The Balaban J connectivity index is 1.93. The Labute approximate surface area is 164 Å². The second kappa shape index (κ2) is 9.54. The fraction of sp³-hybridized carbons (Fsp3) is 0.294. The molecule has 26 heavy (non-hydrogen) atoms. The molecule has 0 spiro atoms. The number of anilines is 1. The number of nitrogens with zero attached hydrogens (tertiary/aromatic N) is 3. The second-order valence-electron chi connectivity index (χ2n) is 5.30. The molecule has 2 aromatic rings. The summed E-state index contributed by atoms with van der Waals surface area (Å²) in [6.45, 7) is 2.44. The lowest BCUT2D eigenvalue weighted by molar-refractivity contribution is -0.127. The first-order chi connectivity index (χ1) is 12.4. The SMILES string of the molecule is CCOC(=O)c1cnc(SCC(=O)N(C)Cc2ccccc2Br)nc1N. The van der Waals surface area contributed by atoms with E-state index < -0.39 is 5.97 Å². The highest BCUT2D eigenvalue weighted by Crippen LogP contribution is 2.20. The number of carbonyl (C=O) groups excluding carboxylic acids is 2. The molecule has 0 bridgehead atoms. The summed E-state index contributed by atoms with van der Waals surface area (Å²) < 4.78 is 5.83. The molecule has 0 aliphatic rings. The zero-order chi connectivity index (χ0) is 19.1. The first-order valence-corrected chi connectivity index (χ1v) is 9.60. The quantitative estimate of drug-likeness (QED) is 0.402. The minimum atomic E-state index is -0.564. The fourth-order valence-electron chi connectivity index (χ4n) is 2.02. The molecule has 1 aromatic carbocycles. The Hall–Kier alpha value is -2.13. The van der Waals surface area contributed by atoms with E-state index in [2.05, 4.69) is 25.9 Å². The van der Waals surface area contributed by atoms with Crippen LogP contribution in [0.4, 0.5) is 5.82 Å². The van der Waals surface area contributed by atoms with Gasteiger partial charge in [-0.1, -0.05) is 45.9 Å². The predicted molar refractivity (Wildman–Crippen MR) is 104 cm³/mol. The Morgan fingerprint density at radius 1 is 1.35 bits per heavy atom. The van der Waals surface area contributed by atoms with Crippen molar-refractivity contribution in [2.75, 3.05) is 25.1 Å². The van der Waals surface area contributed by atoms with Crippen molar-refractivity contribution in [1.82, 2.24) is 14.9 Å². The molecule has 2 rings (SSSR count).